The predicted octanol–water partition coefficient (Wildman–Crippen LogP) is 1.03. The second kappa shape index (κ2) is 5.13. The average Bonchev–Trinajstić information content (AvgIpc) is 2.98. The van der Waals surface area contributed by atoms with E-state index < -0.39 is 16.0 Å². The van der Waals surface area contributed by atoms with Gasteiger partial charge in [0.1, 0.15) is 4.90 Å². The van der Waals surface area contributed by atoms with Crippen LogP contribution in [0.15, 0.2) is 17.2 Å². The van der Waals surface area contributed by atoms with Gasteiger partial charge < -0.3 is 5.11 Å². The molecule has 0 aliphatic heterocycles. The summed E-state index contributed by atoms with van der Waals surface area (Å²) in [5.41, 5.74) is 0.955. The molecule has 0 aromatic carbocycles. The van der Waals surface area contributed by atoms with Gasteiger partial charge in [0.2, 0.25) is 0 Å². The van der Waals surface area contributed by atoms with E-state index in [1.54, 1.807) is 27.8 Å². The summed E-state index contributed by atoms with van der Waals surface area (Å²) in [6, 6.07) is 1.39. The van der Waals surface area contributed by atoms with Gasteiger partial charge in [-0.1, -0.05) is 0 Å². The molecule has 0 spiro atoms. The van der Waals surface area contributed by atoms with Crippen LogP contribution in [0, 0.1) is 20.8 Å². The summed E-state index contributed by atoms with van der Waals surface area (Å²) in [7, 11) is -2.43. The Kier molecular flexibility index (Phi) is 3.44. The number of aromatic nitrogens is 5. The van der Waals surface area contributed by atoms with E-state index in [0.717, 1.165) is 4.09 Å². The Bertz CT molecular complexity index is 1090. The standard InChI is InChI=1S/C14H15N5O4S/c1-7-5-10(14(20)21)12-9(3)17-19(13(12)15-7)24(22,23)11-6-18(4)16-8(11)2/h5-6H,1-4H3,(H,20,21). The number of aromatic carboxylic acids is 1. The van der Waals surface area contributed by atoms with Crippen LogP contribution >= 0.6 is 0 Å². The molecular formula is C14H15N5O4S. The van der Waals surface area contributed by atoms with Crippen molar-refractivity contribution >= 4 is 27.0 Å². The third-order valence-electron chi connectivity index (χ3n) is 3.62. The molecule has 3 aromatic rings. The zero-order valence-electron chi connectivity index (χ0n) is 13.5. The number of carbonyl (C=O) groups is 1. The van der Waals surface area contributed by atoms with Gasteiger partial charge in [0.15, 0.2) is 5.65 Å². The van der Waals surface area contributed by atoms with Gasteiger partial charge in [-0.15, -0.1) is 4.09 Å². The third-order valence-corrected chi connectivity index (χ3v) is 5.28. The molecule has 0 amide bonds. The minimum atomic E-state index is -4.05. The SMILES string of the molecule is Cc1cc(C(=O)O)c2c(C)nn(S(=O)(=O)c3cn(C)nc3C)c2n1. The molecule has 0 atom stereocenters. The normalized spacial score (nSPS) is 12.0. The number of nitrogens with zero attached hydrogens (tertiary/aromatic N) is 5. The highest BCUT2D eigenvalue weighted by atomic mass is 32.2. The highest BCUT2D eigenvalue weighted by Crippen LogP contribution is 2.26. The first-order valence-electron chi connectivity index (χ1n) is 6.99. The van der Waals surface area contributed by atoms with Crippen molar-refractivity contribution in [3.05, 3.63) is 34.9 Å². The highest BCUT2D eigenvalue weighted by molar-refractivity contribution is 7.90. The van der Waals surface area contributed by atoms with E-state index in [-0.39, 0.29) is 27.2 Å². The van der Waals surface area contributed by atoms with Gasteiger partial charge in [0.05, 0.1) is 22.3 Å². The Hall–Kier alpha value is -2.75. The Morgan fingerprint density at radius 2 is 1.83 bits per heavy atom. The zero-order chi connectivity index (χ0) is 17.8. The maximum atomic E-state index is 12.9. The summed E-state index contributed by atoms with van der Waals surface area (Å²) in [5, 5.41) is 17.7. The molecule has 1 N–H and O–H groups in total. The topological polar surface area (TPSA) is 120 Å². The van der Waals surface area contributed by atoms with Crippen LogP contribution in [0.4, 0.5) is 0 Å². The fraction of sp³-hybridized carbons (Fsp3) is 0.286. The van der Waals surface area contributed by atoms with Crippen LogP contribution in [0.1, 0.15) is 27.4 Å². The van der Waals surface area contributed by atoms with Crippen molar-refractivity contribution in [3.8, 4) is 0 Å². The van der Waals surface area contributed by atoms with E-state index in [9.17, 15) is 18.3 Å². The minimum absolute atomic E-state index is 0.00502. The van der Waals surface area contributed by atoms with E-state index in [2.05, 4.69) is 15.2 Å². The molecule has 0 bridgehead atoms. The number of hydrogen-bond donors (Lipinski definition) is 1. The number of hydrogen-bond acceptors (Lipinski definition) is 6. The zero-order valence-corrected chi connectivity index (χ0v) is 14.3. The summed E-state index contributed by atoms with van der Waals surface area (Å²) in [6.45, 7) is 4.72. The number of carboxylic acids is 1. The van der Waals surface area contributed by atoms with Crippen molar-refractivity contribution in [2.24, 2.45) is 7.05 Å². The molecule has 9 nitrogen and oxygen atoms in total. The Morgan fingerprint density at radius 1 is 1.17 bits per heavy atom. The fourth-order valence-corrected chi connectivity index (χ4v) is 4.12. The monoisotopic (exact) mass is 349 g/mol. The summed E-state index contributed by atoms with van der Waals surface area (Å²) in [6.07, 6.45) is 1.38. The smallest absolute Gasteiger partial charge is 0.336 e. The molecule has 0 radical (unpaired) electrons. The molecule has 0 saturated carbocycles. The predicted molar refractivity (Wildman–Crippen MR) is 84.5 cm³/mol. The lowest BCUT2D eigenvalue weighted by atomic mass is 10.1. The van der Waals surface area contributed by atoms with Crippen LogP contribution in [-0.4, -0.2) is 43.4 Å². The minimum Gasteiger partial charge on any atom is -0.478 e. The molecule has 0 aliphatic carbocycles. The maximum absolute atomic E-state index is 12.9. The molecule has 3 aromatic heterocycles. The van der Waals surface area contributed by atoms with Gasteiger partial charge in [0, 0.05) is 18.9 Å². The van der Waals surface area contributed by atoms with Crippen molar-refractivity contribution in [1.82, 2.24) is 24.0 Å². The summed E-state index contributed by atoms with van der Waals surface area (Å²) >= 11 is 0. The molecule has 0 fully saturated rings. The lowest BCUT2D eigenvalue weighted by molar-refractivity contribution is 0.0698. The number of carboxylic acid groups (broad SMARTS) is 1. The lowest BCUT2D eigenvalue weighted by Gasteiger charge is -2.05. The van der Waals surface area contributed by atoms with Crippen molar-refractivity contribution in [2.45, 2.75) is 25.7 Å². The van der Waals surface area contributed by atoms with Crippen LogP contribution in [0.2, 0.25) is 0 Å². The average molecular weight is 349 g/mol. The maximum Gasteiger partial charge on any atom is 0.336 e. The molecule has 24 heavy (non-hydrogen) atoms. The van der Waals surface area contributed by atoms with Crippen LogP contribution < -0.4 is 0 Å². The molecule has 0 unspecified atom stereocenters. The Labute approximate surface area is 137 Å². The van der Waals surface area contributed by atoms with Crippen LogP contribution in [0.3, 0.4) is 0 Å². The fourth-order valence-electron chi connectivity index (χ4n) is 2.65. The van der Waals surface area contributed by atoms with E-state index in [1.807, 2.05) is 0 Å². The highest BCUT2D eigenvalue weighted by Gasteiger charge is 2.28. The largest absolute Gasteiger partial charge is 0.478 e. The molecule has 0 aliphatic rings. The van der Waals surface area contributed by atoms with E-state index in [1.165, 1.54) is 16.9 Å². The van der Waals surface area contributed by atoms with Gasteiger partial charge in [-0.3, -0.25) is 4.68 Å². The van der Waals surface area contributed by atoms with E-state index in [0.29, 0.717) is 11.4 Å². The molecule has 3 heterocycles. The van der Waals surface area contributed by atoms with Gasteiger partial charge in [-0.2, -0.15) is 18.6 Å². The van der Waals surface area contributed by atoms with Gasteiger partial charge in [0.25, 0.3) is 10.0 Å². The molecule has 0 saturated heterocycles. The molecular weight excluding hydrogens is 334 g/mol. The first-order chi connectivity index (χ1) is 11.1. The lowest BCUT2D eigenvalue weighted by Crippen LogP contribution is -2.16. The van der Waals surface area contributed by atoms with Crippen molar-refractivity contribution < 1.29 is 18.3 Å². The summed E-state index contributed by atoms with van der Waals surface area (Å²) < 4.78 is 28.1. The summed E-state index contributed by atoms with van der Waals surface area (Å²) in [4.78, 5) is 15.7. The van der Waals surface area contributed by atoms with Gasteiger partial charge in [-0.05, 0) is 26.8 Å². The van der Waals surface area contributed by atoms with Crippen molar-refractivity contribution in [1.29, 1.82) is 0 Å². The molecule has 126 valence electrons. The second-order valence-electron chi connectivity index (χ2n) is 5.50. The van der Waals surface area contributed by atoms with Crippen LogP contribution in [0.5, 0.6) is 0 Å². The molecule has 3 rings (SSSR count). The quantitative estimate of drug-likeness (QED) is 0.749. The van der Waals surface area contributed by atoms with Crippen LogP contribution in [-0.2, 0) is 17.1 Å². The second-order valence-corrected chi connectivity index (χ2v) is 7.24. The number of rotatable bonds is 3. The Balaban J connectivity index is 2.40. The third kappa shape index (κ3) is 2.26. The van der Waals surface area contributed by atoms with Crippen LogP contribution in [0.25, 0.3) is 11.0 Å². The number of pyridine rings is 1. The first kappa shape index (κ1) is 16.1. The van der Waals surface area contributed by atoms with Gasteiger partial charge in [-0.25, -0.2) is 9.78 Å². The van der Waals surface area contributed by atoms with Crippen molar-refractivity contribution in [2.75, 3.05) is 0 Å². The van der Waals surface area contributed by atoms with Gasteiger partial charge >= 0.3 is 5.97 Å². The molecule has 10 heteroatoms. The first-order valence-corrected chi connectivity index (χ1v) is 8.43. The summed E-state index contributed by atoms with van der Waals surface area (Å²) in [5.74, 6) is -1.16. The van der Waals surface area contributed by atoms with Crippen molar-refractivity contribution in [3.63, 3.8) is 0 Å². The number of aryl methyl sites for hydroxylation is 4. The Morgan fingerprint density at radius 3 is 2.38 bits per heavy atom. The number of fused-ring (bicyclic) bond motifs is 1. The van der Waals surface area contributed by atoms with E-state index >= 15 is 0 Å². The van der Waals surface area contributed by atoms with E-state index in [4.69, 9.17) is 0 Å².